The first-order valence-corrected chi connectivity index (χ1v) is 8.08. The second-order valence-corrected chi connectivity index (χ2v) is 7.09. The Morgan fingerprint density at radius 3 is 2.55 bits per heavy atom. The second-order valence-electron chi connectivity index (χ2n) is 7.09. The predicted molar refractivity (Wildman–Crippen MR) is 84.5 cm³/mol. The molecule has 0 aromatic rings. The number of carbonyl (C=O) groups is 1. The van der Waals surface area contributed by atoms with Crippen LogP contribution < -0.4 is 11.1 Å². The van der Waals surface area contributed by atoms with E-state index in [2.05, 4.69) is 31.1 Å². The average Bonchev–Trinajstić information content (AvgIpc) is 2.39. The number of amides is 1. The van der Waals surface area contributed by atoms with Crippen molar-refractivity contribution in [2.75, 3.05) is 33.2 Å². The number of hydrogen-bond donors (Lipinski definition) is 2. The maximum Gasteiger partial charge on any atom is 0.220 e. The fraction of sp³-hybridized carbons (Fsp3) is 0.938. The molecule has 1 heterocycles. The summed E-state index contributed by atoms with van der Waals surface area (Å²) in [6.07, 6.45) is 6.21. The molecule has 20 heavy (non-hydrogen) atoms. The van der Waals surface area contributed by atoms with E-state index in [1.807, 2.05) is 0 Å². The molecule has 0 aromatic carbocycles. The van der Waals surface area contributed by atoms with Crippen molar-refractivity contribution in [3.05, 3.63) is 0 Å². The average molecular weight is 283 g/mol. The van der Waals surface area contributed by atoms with Gasteiger partial charge in [-0.2, -0.15) is 0 Å². The number of rotatable bonds is 8. The van der Waals surface area contributed by atoms with Crippen LogP contribution in [0.25, 0.3) is 0 Å². The van der Waals surface area contributed by atoms with Crippen LogP contribution >= 0.6 is 0 Å². The van der Waals surface area contributed by atoms with Crippen LogP contribution in [0.4, 0.5) is 0 Å². The molecule has 1 fully saturated rings. The van der Waals surface area contributed by atoms with Crippen LogP contribution in [0.2, 0.25) is 0 Å². The van der Waals surface area contributed by atoms with Crippen molar-refractivity contribution >= 4 is 5.91 Å². The first-order chi connectivity index (χ1) is 9.43. The highest BCUT2D eigenvalue weighted by atomic mass is 16.1. The van der Waals surface area contributed by atoms with E-state index in [-0.39, 0.29) is 11.3 Å². The number of nitrogens with one attached hydrogen (secondary N) is 1. The fourth-order valence-corrected chi connectivity index (χ4v) is 2.82. The molecule has 0 spiro atoms. The van der Waals surface area contributed by atoms with Gasteiger partial charge in [-0.3, -0.25) is 4.79 Å². The van der Waals surface area contributed by atoms with E-state index in [1.54, 1.807) is 0 Å². The summed E-state index contributed by atoms with van der Waals surface area (Å²) < 4.78 is 0. The topological polar surface area (TPSA) is 58.4 Å². The Labute approximate surface area is 124 Å². The zero-order valence-corrected chi connectivity index (χ0v) is 13.6. The zero-order chi connectivity index (χ0) is 15.0. The molecule has 0 radical (unpaired) electrons. The van der Waals surface area contributed by atoms with Gasteiger partial charge in [-0.15, -0.1) is 0 Å². The monoisotopic (exact) mass is 283 g/mol. The molecule has 0 saturated carbocycles. The number of hydrogen-bond acceptors (Lipinski definition) is 3. The molecule has 3 N–H and O–H groups in total. The zero-order valence-electron chi connectivity index (χ0n) is 13.6. The van der Waals surface area contributed by atoms with E-state index in [9.17, 15) is 4.79 Å². The minimum absolute atomic E-state index is 0.181. The molecule has 1 rings (SSSR count). The van der Waals surface area contributed by atoms with E-state index in [1.165, 1.54) is 25.9 Å². The maximum absolute atomic E-state index is 11.8. The summed E-state index contributed by atoms with van der Waals surface area (Å²) in [6, 6.07) is 0. The lowest BCUT2D eigenvalue weighted by Gasteiger charge is -2.29. The summed E-state index contributed by atoms with van der Waals surface area (Å²) in [5.74, 6) is 0.989. The first-order valence-electron chi connectivity index (χ1n) is 8.08. The highest BCUT2D eigenvalue weighted by Crippen LogP contribution is 2.25. The Bertz CT molecular complexity index is 283. The third-order valence-electron chi connectivity index (χ3n) is 4.56. The molecular formula is C16H33N3O. The number of piperidine rings is 1. The van der Waals surface area contributed by atoms with Gasteiger partial charge in [0.2, 0.25) is 5.91 Å². The van der Waals surface area contributed by atoms with Crippen LogP contribution in [-0.2, 0) is 4.79 Å². The molecule has 118 valence electrons. The summed E-state index contributed by atoms with van der Waals surface area (Å²) in [4.78, 5) is 14.2. The first kappa shape index (κ1) is 17.4. The van der Waals surface area contributed by atoms with E-state index >= 15 is 0 Å². The highest BCUT2D eigenvalue weighted by Gasteiger charge is 2.19. The molecule has 4 heteroatoms. The number of nitrogens with two attached hydrogens (primary N) is 1. The second kappa shape index (κ2) is 8.63. The third kappa shape index (κ3) is 7.25. The van der Waals surface area contributed by atoms with Crippen LogP contribution in [0.15, 0.2) is 0 Å². The Morgan fingerprint density at radius 2 is 1.95 bits per heavy atom. The number of carbonyl (C=O) groups excluding carboxylic acids is 1. The standard InChI is InChI=1S/C16H33N3O/c1-16(2,9-10-17)8-4-15(20)18-11-5-14-6-12-19(3)13-7-14/h14H,4-13,17H2,1-3H3,(H,18,20). The maximum atomic E-state index is 11.8. The van der Waals surface area contributed by atoms with Gasteiger partial charge in [-0.05, 0) is 70.1 Å². The third-order valence-corrected chi connectivity index (χ3v) is 4.56. The highest BCUT2D eigenvalue weighted by molar-refractivity contribution is 5.75. The molecule has 0 atom stereocenters. The van der Waals surface area contributed by atoms with Crippen LogP contribution in [0.5, 0.6) is 0 Å². The summed E-state index contributed by atoms with van der Waals surface area (Å²) in [5, 5.41) is 3.07. The molecule has 0 aliphatic carbocycles. The Kier molecular flexibility index (Phi) is 7.52. The van der Waals surface area contributed by atoms with Gasteiger partial charge >= 0.3 is 0 Å². The lowest BCUT2D eigenvalue weighted by Crippen LogP contribution is -2.33. The molecule has 1 saturated heterocycles. The summed E-state index contributed by atoms with van der Waals surface area (Å²) >= 11 is 0. The van der Waals surface area contributed by atoms with Gasteiger partial charge < -0.3 is 16.0 Å². The van der Waals surface area contributed by atoms with Crippen molar-refractivity contribution < 1.29 is 4.79 Å². The van der Waals surface area contributed by atoms with E-state index in [4.69, 9.17) is 5.73 Å². The number of nitrogens with zero attached hydrogens (tertiary/aromatic N) is 1. The van der Waals surface area contributed by atoms with Crippen molar-refractivity contribution in [2.24, 2.45) is 17.1 Å². The Balaban J connectivity index is 2.08. The van der Waals surface area contributed by atoms with E-state index in [0.29, 0.717) is 13.0 Å². The van der Waals surface area contributed by atoms with Gasteiger partial charge in [0.25, 0.3) is 0 Å². The fourth-order valence-electron chi connectivity index (χ4n) is 2.82. The number of likely N-dealkylation sites (tertiary alicyclic amines) is 1. The Morgan fingerprint density at radius 1 is 1.30 bits per heavy atom. The van der Waals surface area contributed by atoms with Crippen molar-refractivity contribution in [1.29, 1.82) is 0 Å². The minimum Gasteiger partial charge on any atom is -0.356 e. The normalized spacial score (nSPS) is 18.2. The van der Waals surface area contributed by atoms with Crippen LogP contribution in [-0.4, -0.2) is 44.0 Å². The summed E-state index contributed by atoms with van der Waals surface area (Å²) in [7, 11) is 2.18. The smallest absolute Gasteiger partial charge is 0.220 e. The van der Waals surface area contributed by atoms with Gasteiger partial charge in [0.15, 0.2) is 0 Å². The molecular weight excluding hydrogens is 250 g/mol. The van der Waals surface area contributed by atoms with Crippen LogP contribution in [0, 0.1) is 11.3 Å². The quantitative estimate of drug-likeness (QED) is 0.716. The van der Waals surface area contributed by atoms with Gasteiger partial charge in [0.1, 0.15) is 0 Å². The van der Waals surface area contributed by atoms with Crippen molar-refractivity contribution in [3.8, 4) is 0 Å². The van der Waals surface area contributed by atoms with Crippen LogP contribution in [0.1, 0.15) is 52.4 Å². The van der Waals surface area contributed by atoms with Gasteiger partial charge in [0, 0.05) is 13.0 Å². The molecule has 0 unspecified atom stereocenters. The van der Waals surface area contributed by atoms with Crippen molar-refractivity contribution in [1.82, 2.24) is 10.2 Å². The molecule has 4 nitrogen and oxygen atoms in total. The lowest BCUT2D eigenvalue weighted by atomic mass is 9.84. The largest absolute Gasteiger partial charge is 0.356 e. The summed E-state index contributed by atoms with van der Waals surface area (Å²) in [6.45, 7) is 8.31. The molecule has 1 aliphatic heterocycles. The predicted octanol–water partition coefficient (Wildman–Crippen LogP) is 1.99. The van der Waals surface area contributed by atoms with Gasteiger partial charge in [-0.25, -0.2) is 0 Å². The SMILES string of the molecule is CN1CCC(CCNC(=O)CCC(C)(C)CCN)CC1. The van der Waals surface area contributed by atoms with Crippen molar-refractivity contribution in [3.63, 3.8) is 0 Å². The van der Waals surface area contributed by atoms with Gasteiger partial charge in [-0.1, -0.05) is 13.8 Å². The summed E-state index contributed by atoms with van der Waals surface area (Å²) in [5.41, 5.74) is 5.77. The molecule has 0 aromatic heterocycles. The molecule has 1 aliphatic rings. The lowest BCUT2D eigenvalue weighted by molar-refractivity contribution is -0.121. The molecule has 0 bridgehead atoms. The van der Waals surface area contributed by atoms with E-state index in [0.717, 1.165) is 31.7 Å². The van der Waals surface area contributed by atoms with Crippen LogP contribution in [0.3, 0.4) is 0 Å². The Hall–Kier alpha value is -0.610. The van der Waals surface area contributed by atoms with E-state index < -0.39 is 0 Å². The van der Waals surface area contributed by atoms with Crippen molar-refractivity contribution in [2.45, 2.75) is 52.4 Å². The van der Waals surface area contributed by atoms with Gasteiger partial charge in [0.05, 0.1) is 0 Å². The minimum atomic E-state index is 0.181. The molecule has 1 amide bonds.